The molecule has 1 aliphatic heterocycles. The van der Waals surface area contributed by atoms with Gasteiger partial charge < -0.3 is 35.3 Å². The molecule has 11 nitrogen and oxygen atoms in total. The number of hydrogen-bond acceptors (Lipinski definition) is 9. The minimum absolute atomic E-state index is 0.00111. The number of rotatable bonds is 7. The zero-order chi connectivity index (χ0) is 27.7. The van der Waals surface area contributed by atoms with Gasteiger partial charge >= 0.3 is 12.1 Å². The van der Waals surface area contributed by atoms with E-state index in [4.69, 9.17) is 24.1 Å². The molecule has 0 saturated heterocycles. The van der Waals surface area contributed by atoms with Crippen LogP contribution in [0.15, 0.2) is 48.7 Å². The van der Waals surface area contributed by atoms with Crippen molar-refractivity contribution in [3.63, 3.8) is 0 Å². The summed E-state index contributed by atoms with van der Waals surface area (Å²) in [4.78, 5) is 28.4. The molecule has 4 rings (SSSR count). The van der Waals surface area contributed by atoms with Crippen LogP contribution in [0.5, 0.6) is 17.2 Å². The second-order valence-electron chi connectivity index (χ2n) is 7.29. The Balaban J connectivity index is 0.000000505. The van der Waals surface area contributed by atoms with Crippen molar-refractivity contribution in [3.8, 4) is 17.2 Å². The molecule has 202 valence electrons. The molecule has 15 heteroatoms. The van der Waals surface area contributed by atoms with Gasteiger partial charge in [-0.15, -0.1) is 0 Å². The molecule has 0 bridgehead atoms. The van der Waals surface area contributed by atoms with Crippen LogP contribution in [-0.4, -0.2) is 60.0 Å². The van der Waals surface area contributed by atoms with Crippen LogP contribution in [0.3, 0.4) is 0 Å². The zero-order valence-corrected chi connectivity index (χ0v) is 19.6. The quantitative estimate of drug-likeness (QED) is 0.329. The molecule has 2 heterocycles. The zero-order valence-electron chi connectivity index (χ0n) is 19.6. The minimum atomic E-state index is -5.08. The summed E-state index contributed by atoms with van der Waals surface area (Å²) in [6.07, 6.45) is -4.01. The molecule has 1 amide bonds. The molecular weight excluding hydrogens is 518 g/mol. The maximum Gasteiger partial charge on any atom is 0.490 e. The van der Waals surface area contributed by atoms with E-state index in [9.17, 15) is 22.4 Å². The third-order valence-corrected chi connectivity index (χ3v) is 4.53. The van der Waals surface area contributed by atoms with E-state index in [1.165, 1.54) is 7.05 Å². The monoisotopic (exact) mass is 539 g/mol. The number of amides is 1. The van der Waals surface area contributed by atoms with Gasteiger partial charge in [-0.05, 0) is 24.3 Å². The van der Waals surface area contributed by atoms with Crippen molar-refractivity contribution in [3.05, 3.63) is 54.5 Å². The van der Waals surface area contributed by atoms with Crippen LogP contribution < -0.4 is 30.2 Å². The van der Waals surface area contributed by atoms with E-state index in [-0.39, 0.29) is 24.3 Å². The Kier molecular flexibility index (Phi) is 9.08. The number of halogens is 4. The lowest BCUT2D eigenvalue weighted by atomic mass is 10.2. The molecular formula is C23H21F4N5O6. The second-order valence-corrected chi connectivity index (χ2v) is 7.29. The number of hydrogen-bond donors (Lipinski definition) is 4. The number of fused-ring (bicyclic) bond motifs is 1. The molecule has 0 aliphatic carbocycles. The molecule has 38 heavy (non-hydrogen) atoms. The van der Waals surface area contributed by atoms with Gasteiger partial charge in [0.25, 0.3) is 5.91 Å². The smallest absolute Gasteiger partial charge is 0.486 e. The number of aliphatic carboxylic acids is 1. The van der Waals surface area contributed by atoms with E-state index in [0.717, 1.165) is 6.20 Å². The number of carboxylic acids is 1. The van der Waals surface area contributed by atoms with Crippen molar-refractivity contribution in [2.45, 2.75) is 6.18 Å². The highest BCUT2D eigenvalue weighted by Gasteiger charge is 2.38. The van der Waals surface area contributed by atoms with Gasteiger partial charge in [-0.25, -0.2) is 14.2 Å². The topological polar surface area (TPSA) is 144 Å². The number of anilines is 4. The second kappa shape index (κ2) is 12.4. The highest BCUT2D eigenvalue weighted by Crippen LogP contribution is 2.34. The summed E-state index contributed by atoms with van der Waals surface area (Å²) in [5.41, 5.74) is 1.21. The van der Waals surface area contributed by atoms with Crippen molar-refractivity contribution >= 4 is 35.0 Å². The predicted octanol–water partition coefficient (Wildman–Crippen LogP) is 3.63. The molecule has 2 aromatic carbocycles. The van der Waals surface area contributed by atoms with Crippen molar-refractivity contribution < 1.29 is 46.5 Å². The average Bonchev–Trinajstić information content (AvgIpc) is 2.89. The minimum Gasteiger partial charge on any atom is -0.486 e. The van der Waals surface area contributed by atoms with Crippen LogP contribution in [0.4, 0.5) is 40.7 Å². The molecule has 0 unspecified atom stereocenters. The first-order chi connectivity index (χ1) is 18.0. The van der Waals surface area contributed by atoms with Gasteiger partial charge in [0.05, 0.1) is 6.20 Å². The summed E-state index contributed by atoms with van der Waals surface area (Å²) in [7, 11) is 1.53. The molecule has 0 saturated carbocycles. The van der Waals surface area contributed by atoms with Crippen LogP contribution in [0.2, 0.25) is 0 Å². The van der Waals surface area contributed by atoms with Crippen LogP contribution in [0, 0.1) is 5.82 Å². The first-order valence-electron chi connectivity index (χ1n) is 10.7. The normalized spacial score (nSPS) is 11.9. The molecule has 0 radical (unpaired) electrons. The third kappa shape index (κ3) is 8.11. The Labute approximate surface area is 212 Å². The first-order valence-corrected chi connectivity index (χ1v) is 10.7. The summed E-state index contributed by atoms with van der Waals surface area (Å²) in [5, 5.41) is 15.5. The van der Waals surface area contributed by atoms with Gasteiger partial charge in [-0.2, -0.15) is 18.2 Å². The van der Waals surface area contributed by atoms with E-state index in [0.29, 0.717) is 41.8 Å². The number of benzene rings is 2. The van der Waals surface area contributed by atoms with Gasteiger partial charge in [0, 0.05) is 30.6 Å². The predicted molar refractivity (Wildman–Crippen MR) is 126 cm³/mol. The van der Waals surface area contributed by atoms with Crippen molar-refractivity contribution in [1.82, 2.24) is 15.3 Å². The lowest BCUT2D eigenvalue weighted by molar-refractivity contribution is -0.192. The van der Waals surface area contributed by atoms with Crippen LogP contribution in [0.1, 0.15) is 0 Å². The lowest BCUT2D eigenvalue weighted by Gasteiger charge is -2.19. The van der Waals surface area contributed by atoms with Gasteiger partial charge in [-0.1, -0.05) is 6.07 Å². The Bertz CT molecular complexity index is 1290. The van der Waals surface area contributed by atoms with Crippen molar-refractivity contribution in [2.75, 3.05) is 37.5 Å². The van der Waals surface area contributed by atoms with E-state index >= 15 is 0 Å². The number of alkyl halides is 3. The Morgan fingerprint density at radius 1 is 1.05 bits per heavy atom. The average molecular weight is 539 g/mol. The van der Waals surface area contributed by atoms with Crippen LogP contribution in [-0.2, 0) is 9.59 Å². The molecule has 4 N–H and O–H groups in total. The third-order valence-electron chi connectivity index (χ3n) is 4.53. The van der Waals surface area contributed by atoms with Crippen molar-refractivity contribution in [2.24, 2.45) is 0 Å². The molecule has 1 aromatic heterocycles. The summed E-state index contributed by atoms with van der Waals surface area (Å²) in [6, 6.07) is 12.1. The van der Waals surface area contributed by atoms with Crippen LogP contribution >= 0.6 is 0 Å². The molecule has 1 aliphatic rings. The number of ether oxygens (including phenoxy) is 3. The summed E-state index contributed by atoms with van der Waals surface area (Å²) >= 11 is 0. The van der Waals surface area contributed by atoms with Crippen LogP contribution in [0.25, 0.3) is 0 Å². The number of aromatic nitrogens is 2. The highest BCUT2D eigenvalue weighted by molar-refractivity contribution is 5.77. The lowest BCUT2D eigenvalue weighted by Crippen LogP contribution is -2.24. The number of carboxylic acid groups (broad SMARTS) is 1. The molecule has 0 spiro atoms. The number of nitrogens with one attached hydrogen (secondary N) is 3. The Morgan fingerprint density at radius 2 is 1.74 bits per heavy atom. The summed E-state index contributed by atoms with van der Waals surface area (Å²) in [6.45, 7) is 0.849. The fraction of sp³-hybridized carbons (Fsp3) is 0.217. The maximum atomic E-state index is 14.3. The Morgan fingerprint density at radius 3 is 2.42 bits per heavy atom. The fourth-order valence-corrected chi connectivity index (χ4v) is 2.79. The molecule has 0 atom stereocenters. The number of nitrogens with zero attached hydrogens (tertiary/aromatic N) is 2. The van der Waals surface area contributed by atoms with E-state index < -0.39 is 18.0 Å². The number of carbonyl (C=O) groups excluding carboxylic acids is 1. The van der Waals surface area contributed by atoms with Gasteiger partial charge in [-0.3, -0.25) is 4.79 Å². The first kappa shape index (κ1) is 27.8. The number of likely N-dealkylation sites (N-methyl/N-ethyl adjacent to an activating group) is 1. The standard InChI is InChI=1S/C21H20FN5O4.C2HF3O2/c1-23-19(28)12-31-15-4-2-3-13(9-15)26-21-24-11-16(22)20(27-21)25-14-5-6-17-18(10-14)30-8-7-29-17;3-2(4,5)1(6)7/h2-6,9-11H,7-8,12H2,1H3,(H,23,28)(H2,24,25,26,27);(H,6,7). The highest BCUT2D eigenvalue weighted by atomic mass is 19.4. The maximum absolute atomic E-state index is 14.3. The van der Waals surface area contributed by atoms with Crippen molar-refractivity contribution in [1.29, 1.82) is 0 Å². The van der Waals surface area contributed by atoms with E-state index in [2.05, 4.69) is 25.9 Å². The van der Waals surface area contributed by atoms with Gasteiger partial charge in [0.2, 0.25) is 5.95 Å². The fourth-order valence-electron chi connectivity index (χ4n) is 2.79. The van der Waals surface area contributed by atoms with E-state index in [1.54, 1.807) is 42.5 Å². The largest absolute Gasteiger partial charge is 0.490 e. The van der Waals surface area contributed by atoms with E-state index in [1.807, 2.05) is 0 Å². The van der Waals surface area contributed by atoms with Gasteiger partial charge in [0.15, 0.2) is 29.7 Å². The van der Waals surface area contributed by atoms with Gasteiger partial charge in [0.1, 0.15) is 19.0 Å². The SMILES string of the molecule is CNC(=O)COc1cccc(Nc2ncc(F)c(Nc3ccc4c(c3)OCCO4)n2)c1.O=C(O)C(F)(F)F. The molecule has 3 aromatic rings. The Hall–Kier alpha value is -4.82. The number of carbonyl (C=O) groups is 2. The summed E-state index contributed by atoms with van der Waals surface area (Å²) < 4.78 is 62.5. The summed E-state index contributed by atoms with van der Waals surface area (Å²) in [5.74, 6) is -1.71. The molecule has 0 fully saturated rings.